The van der Waals surface area contributed by atoms with Crippen LogP contribution in [0.2, 0.25) is 0 Å². The molecule has 0 saturated carbocycles. The van der Waals surface area contributed by atoms with E-state index in [4.69, 9.17) is 4.74 Å². The molecule has 0 bridgehead atoms. The Morgan fingerprint density at radius 3 is 2.63 bits per heavy atom. The Hall–Kier alpha value is -0.870. The molecule has 1 aromatic rings. The maximum Gasteiger partial charge on any atom is 0.118 e. The second-order valence-electron chi connectivity index (χ2n) is 5.45. The zero-order valence-electron chi connectivity index (χ0n) is 12.0. The van der Waals surface area contributed by atoms with Gasteiger partial charge < -0.3 is 4.74 Å². The molecule has 1 aliphatic rings. The predicted octanol–water partition coefficient (Wildman–Crippen LogP) is 3.15. The second kappa shape index (κ2) is 6.53. The van der Waals surface area contributed by atoms with Crippen molar-refractivity contribution in [2.45, 2.75) is 32.7 Å². The number of benzene rings is 1. The van der Waals surface area contributed by atoms with Gasteiger partial charge in [0.05, 0.1) is 18.1 Å². The third kappa shape index (κ3) is 3.57. The SMILES string of the molecule is COc1ccc([C@@H]2CCCN2S(=O)CC(C)C)cc1. The van der Waals surface area contributed by atoms with Crippen LogP contribution in [0.25, 0.3) is 0 Å². The van der Waals surface area contributed by atoms with E-state index in [1.807, 2.05) is 12.1 Å². The minimum Gasteiger partial charge on any atom is -0.497 e. The molecule has 1 saturated heterocycles. The summed E-state index contributed by atoms with van der Waals surface area (Å²) in [6, 6.07) is 8.45. The lowest BCUT2D eigenvalue weighted by Gasteiger charge is -2.24. The second-order valence-corrected chi connectivity index (χ2v) is 6.90. The minimum atomic E-state index is -0.861. The summed E-state index contributed by atoms with van der Waals surface area (Å²) in [7, 11) is 0.814. The molecule has 1 fully saturated rings. The van der Waals surface area contributed by atoms with Crippen LogP contribution in [0.1, 0.15) is 38.3 Å². The predicted molar refractivity (Wildman–Crippen MR) is 79.5 cm³/mol. The van der Waals surface area contributed by atoms with Gasteiger partial charge >= 0.3 is 0 Å². The lowest BCUT2D eigenvalue weighted by Crippen LogP contribution is -2.28. The average molecular weight is 281 g/mol. The summed E-state index contributed by atoms with van der Waals surface area (Å²) in [5.74, 6) is 2.10. The van der Waals surface area contributed by atoms with Gasteiger partial charge in [0.2, 0.25) is 0 Å². The van der Waals surface area contributed by atoms with Crippen molar-refractivity contribution in [2.75, 3.05) is 19.4 Å². The van der Waals surface area contributed by atoms with E-state index in [9.17, 15) is 4.21 Å². The lowest BCUT2D eigenvalue weighted by molar-refractivity contribution is 0.410. The van der Waals surface area contributed by atoms with Crippen LogP contribution in [0.3, 0.4) is 0 Å². The Morgan fingerprint density at radius 2 is 2.05 bits per heavy atom. The van der Waals surface area contributed by atoms with Gasteiger partial charge in [-0.3, -0.25) is 0 Å². The van der Waals surface area contributed by atoms with E-state index in [0.717, 1.165) is 30.9 Å². The Labute approximate surface area is 118 Å². The molecule has 0 spiro atoms. The molecule has 2 rings (SSSR count). The number of hydrogen-bond acceptors (Lipinski definition) is 2. The molecule has 3 nitrogen and oxygen atoms in total. The van der Waals surface area contributed by atoms with Gasteiger partial charge in [-0.1, -0.05) is 26.0 Å². The Morgan fingerprint density at radius 1 is 1.37 bits per heavy atom. The summed E-state index contributed by atoms with van der Waals surface area (Å²) in [6.07, 6.45) is 2.22. The van der Waals surface area contributed by atoms with Crippen LogP contribution in [0.15, 0.2) is 24.3 Å². The first-order valence-corrected chi connectivity index (χ1v) is 8.18. The molecule has 106 valence electrons. The summed E-state index contributed by atoms with van der Waals surface area (Å²) >= 11 is 0. The quantitative estimate of drug-likeness (QED) is 0.830. The topological polar surface area (TPSA) is 29.5 Å². The minimum absolute atomic E-state index is 0.297. The highest BCUT2D eigenvalue weighted by molar-refractivity contribution is 7.82. The molecule has 1 aliphatic heterocycles. The van der Waals surface area contributed by atoms with Crippen LogP contribution in [0.5, 0.6) is 5.75 Å². The highest BCUT2D eigenvalue weighted by Crippen LogP contribution is 2.34. The zero-order valence-corrected chi connectivity index (χ0v) is 12.8. The first-order valence-electron chi connectivity index (χ1n) is 6.91. The molecule has 0 radical (unpaired) electrons. The van der Waals surface area contributed by atoms with Gasteiger partial charge in [-0.25, -0.2) is 8.51 Å². The summed E-state index contributed by atoms with van der Waals surface area (Å²) in [5.41, 5.74) is 1.25. The van der Waals surface area contributed by atoms with Crippen molar-refractivity contribution in [2.24, 2.45) is 5.92 Å². The van der Waals surface area contributed by atoms with Gasteiger partial charge in [0.15, 0.2) is 0 Å². The maximum absolute atomic E-state index is 12.4. The van der Waals surface area contributed by atoms with Crippen molar-refractivity contribution >= 4 is 11.0 Å². The molecule has 0 aromatic heterocycles. The molecule has 1 heterocycles. The van der Waals surface area contributed by atoms with E-state index in [1.165, 1.54) is 5.56 Å². The average Bonchev–Trinajstić information content (AvgIpc) is 2.87. The van der Waals surface area contributed by atoms with E-state index < -0.39 is 11.0 Å². The highest BCUT2D eigenvalue weighted by atomic mass is 32.2. The Balaban J connectivity index is 2.11. The maximum atomic E-state index is 12.4. The van der Waals surface area contributed by atoms with Crippen LogP contribution < -0.4 is 4.74 Å². The third-order valence-corrected chi connectivity index (χ3v) is 5.35. The fraction of sp³-hybridized carbons (Fsp3) is 0.600. The van der Waals surface area contributed by atoms with Crippen molar-refractivity contribution in [1.82, 2.24) is 4.31 Å². The number of nitrogens with zero attached hydrogens (tertiary/aromatic N) is 1. The van der Waals surface area contributed by atoms with Crippen LogP contribution >= 0.6 is 0 Å². The van der Waals surface area contributed by atoms with Crippen LogP contribution in [-0.4, -0.2) is 27.9 Å². The molecule has 0 aliphatic carbocycles. The first kappa shape index (κ1) is 14.5. The van der Waals surface area contributed by atoms with Gasteiger partial charge in [-0.2, -0.15) is 0 Å². The van der Waals surface area contributed by atoms with E-state index in [-0.39, 0.29) is 0 Å². The standard InChI is InChI=1S/C15H23NO2S/c1-12(2)11-19(17)16-10-4-5-15(16)13-6-8-14(18-3)9-7-13/h6-9,12,15H,4-5,10-11H2,1-3H3/t15-,19?/m0/s1. The molecular formula is C15H23NO2S. The number of rotatable bonds is 5. The summed E-state index contributed by atoms with van der Waals surface area (Å²) in [6.45, 7) is 5.18. The van der Waals surface area contributed by atoms with E-state index in [0.29, 0.717) is 12.0 Å². The zero-order chi connectivity index (χ0) is 13.8. The Kier molecular flexibility index (Phi) is 4.99. The summed E-state index contributed by atoms with van der Waals surface area (Å²) in [4.78, 5) is 0. The van der Waals surface area contributed by atoms with Gasteiger partial charge in [-0.05, 0) is 36.5 Å². The fourth-order valence-electron chi connectivity index (χ4n) is 2.52. The van der Waals surface area contributed by atoms with Gasteiger partial charge in [0.25, 0.3) is 0 Å². The molecule has 0 N–H and O–H groups in total. The summed E-state index contributed by atoms with van der Waals surface area (Å²) < 4.78 is 19.7. The number of hydrogen-bond donors (Lipinski definition) is 0. The van der Waals surface area contributed by atoms with Crippen molar-refractivity contribution in [3.8, 4) is 5.75 Å². The van der Waals surface area contributed by atoms with E-state index >= 15 is 0 Å². The first-order chi connectivity index (χ1) is 9.11. The molecule has 19 heavy (non-hydrogen) atoms. The number of methoxy groups -OCH3 is 1. The Bertz CT molecular complexity index is 430. The van der Waals surface area contributed by atoms with E-state index in [2.05, 4.69) is 30.3 Å². The fourth-order valence-corrected chi connectivity index (χ4v) is 4.13. The molecule has 4 heteroatoms. The van der Waals surface area contributed by atoms with Crippen LogP contribution in [-0.2, 0) is 11.0 Å². The van der Waals surface area contributed by atoms with Gasteiger partial charge in [0, 0.05) is 18.3 Å². The molecular weight excluding hydrogens is 258 g/mol. The van der Waals surface area contributed by atoms with Crippen LogP contribution in [0.4, 0.5) is 0 Å². The monoisotopic (exact) mass is 281 g/mol. The van der Waals surface area contributed by atoms with Crippen molar-refractivity contribution in [3.63, 3.8) is 0 Å². The van der Waals surface area contributed by atoms with Gasteiger partial charge in [-0.15, -0.1) is 0 Å². The largest absolute Gasteiger partial charge is 0.497 e. The van der Waals surface area contributed by atoms with Crippen molar-refractivity contribution in [3.05, 3.63) is 29.8 Å². The van der Waals surface area contributed by atoms with Crippen molar-refractivity contribution in [1.29, 1.82) is 0 Å². The van der Waals surface area contributed by atoms with Crippen molar-refractivity contribution < 1.29 is 8.95 Å². The third-order valence-electron chi connectivity index (χ3n) is 3.44. The van der Waals surface area contributed by atoms with Gasteiger partial charge in [0.1, 0.15) is 5.75 Å². The normalized spacial score (nSPS) is 21.8. The molecule has 2 atom stereocenters. The van der Waals surface area contributed by atoms with Crippen LogP contribution in [0, 0.1) is 5.92 Å². The lowest BCUT2D eigenvalue weighted by atomic mass is 10.1. The highest BCUT2D eigenvalue weighted by Gasteiger charge is 2.30. The van der Waals surface area contributed by atoms with E-state index in [1.54, 1.807) is 7.11 Å². The smallest absolute Gasteiger partial charge is 0.118 e. The molecule has 0 amide bonds. The molecule has 1 aromatic carbocycles. The molecule has 1 unspecified atom stereocenters. The summed E-state index contributed by atoms with van der Waals surface area (Å²) in [5, 5.41) is 0. The number of ether oxygens (including phenoxy) is 1.